The highest BCUT2D eigenvalue weighted by Crippen LogP contribution is 2.16. The summed E-state index contributed by atoms with van der Waals surface area (Å²) in [5.74, 6) is -2.05. The predicted molar refractivity (Wildman–Crippen MR) is 142 cm³/mol. The Labute approximate surface area is 227 Å². The van der Waals surface area contributed by atoms with Crippen LogP contribution in [0.15, 0.2) is 65.7 Å². The molecule has 3 aromatic rings. The number of hydrogen-bond donors (Lipinski definition) is 2. The largest absolute Gasteiger partial charge is 0.543 e. The smallest absolute Gasteiger partial charge is 0.266 e. The molecule has 0 aliphatic heterocycles. The Hall–Kier alpha value is -4.25. The Morgan fingerprint density at radius 1 is 0.923 bits per heavy atom. The molecule has 0 saturated carbocycles. The fourth-order valence-corrected chi connectivity index (χ4v) is 4.79. The number of aromatic nitrogens is 1. The van der Waals surface area contributed by atoms with Crippen LogP contribution in [-0.4, -0.2) is 44.8 Å². The van der Waals surface area contributed by atoms with Crippen LogP contribution in [0.4, 0.5) is 0 Å². The molecule has 39 heavy (non-hydrogen) atoms. The maximum absolute atomic E-state index is 12.8. The van der Waals surface area contributed by atoms with Gasteiger partial charge in [0.25, 0.3) is 21.8 Å². The van der Waals surface area contributed by atoms with Crippen LogP contribution in [0.25, 0.3) is 0 Å². The van der Waals surface area contributed by atoms with Crippen LogP contribution in [0.1, 0.15) is 68.5 Å². The van der Waals surface area contributed by atoms with Crippen molar-refractivity contribution < 1.29 is 32.6 Å². The van der Waals surface area contributed by atoms with Crippen molar-refractivity contribution in [1.82, 2.24) is 15.0 Å². The maximum Gasteiger partial charge on any atom is 0.266 e. The number of methoxy groups -OCH3 is 1. The zero-order valence-electron chi connectivity index (χ0n) is 21.7. The van der Waals surface area contributed by atoms with Crippen LogP contribution < -0.4 is 19.9 Å². The summed E-state index contributed by atoms with van der Waals surface area (Å²) in [6, 6.07) is 13.9. The fourth-order valence-electron chi connectivity index (χ4n) is 3.81. The van der Waals surface area contributed by atoms with Gasteiger partial charge in [0, 0.05) is 18.3 Å². The zero-order valence-corrected chi connectivity index (χ0v) is 22.5. The molecule has 1 aromatic heterocycles. The number of carbonyl (C=O) groups is 3. The van der Waals surface area contributed by atoms with E-state index in [1.807, 2.05) is 35.9 Å². The van der Waals surface area contributed by atoms with Gasteiger partial charge in [0.2, 0.25) is 0 Å². The SMILES string of the molecule is CCCCCc1cc(C(=O)NS(=O)(=O)c2ccc(C(=O)NCCc3ccc(OC)cc3)cc2)cnc1C(=O)[O-]. The molecule has 10 nitrogen and oxygen atoms in total. The minimum Gasteiger partial charge on any atom is -0.543 e. The van der Waals surface area contributed by atoms with Crippen molar-refractivity contribution in [2.45, 2.75) is 43.9 Å². The van der Waals surface area contributed by atoms with Gasteiger partial charge >= 0.3 is 0 Å². The molecule has 11 heteroatoms. The standard InChI is InChI=1S/C28H31N3O7S/c1-3-4-5-6-21-17-22(18-30-25(21)28(34)35)27(33)31-39(36,37)24-13-9-20(10-14-24)26(32)29-16-15-19-7-11-23(38-2)12-8-19/h7-14,17-18H,3-6,15-16H2,1-2H3,(H,29,32)(H,31,33)(H,34,35)/p-1. The molecule has 2 N–H and O–H groups in total. The van der Waals surface area contributed by atoms with E-state index in [9.17, 15) is 27.9 Å². The minimum absolute atomic E-state index is 0.0945. The van der Waals surface area contributed by atoms with Gasteiger partial charge in [-0.15, -0.1) is 0 Å². The number of nitrogens with zero attached hydrogens (tertiary/aromatic N) is 1. The summed E-state index contributed by atoms with van der Waals surface area (Å²) in [6.07, 6.45) is 4.42. The molecule has 0 aliphatic carbocycles. The second-order valence-corrected chi connectivity index (χ2v) is 10.5. The number of rotatable bonds is 13. The number of aromatic carboxylic acids is 1. The third-order valence-corrected chi connectivity index (χ3v) is 7.33. The molecule has 0 atom stereocenters. The van der Waals surface area contributed by atoms with Crippen molar-refractivity contribution in [2.75, 3.05) is 13.7 Å². The molecular formula is C28H30N3O7S-. The lowest BCUT2D eigenvalue weighted by molar-refractivity contribution is -0.255. The lowest BCUT2D eigenvalue weighted by atomic mass is 10.0. The maximum atomic E-state index is 12.8. The number of carboxylic acid groups (broad SMARTS) is 1. The number of carbonyl (C=O) groups excluding carboxylic acids is 3. The van der Waals surface area contributed by atoms with E-state index in [1.54, 1.807) is 7.11 Å². The van der Waals surface area contributed by atoms with Crippen molar-refractivity contribution in [2.24, 2.45) is 0 Å². The van der Waals surface area contributed by atoms with Crippen LogP contribution in [0.5, 0.6) is 5.75 Å². The molecule has 0 unspecified atom stereocenters. The van der Waals surface area contributed by atoms with E-state index in [-0.39, 0.29) is 27.6 Å². The van der Waals surface area contributed by atoms with Crippen LogP contribution in [0, 0.1) is 0 Å². The number of carboxylic acids is 1. The quantitative estimate of drug-likeness (QED) is 0.306. The van der Waals surface area contributed by atoms with Crippen LogP contribution in [-0.2, 0) is 22.9 Å². The monoisotopic (exact) mass is 552 g/mol. The van der Waals surface area contributed by atoms with Gasteiger partial charge in [-0.1, -0.05) is 31.9 Å². The average molecular weight is 553 g/mol. The Morgan fingerprint density at radius 2 is 1.62 bits per heavy atom. The number of aryl methyl sites for hydroxylation is 1. The Balaban J connectivity index is 1.62. The van der Waals surface area contributed by atoms with Crippen molar-refractivity contribution in [1.29, 1.82) is 0 Å². The van der Waals surface area contributed by atoms with Gasteiger partial charge in [-0.2, -0.15) is 0 Å². The molecule has 0 saturated heterocycles. The molecule has 0 bridgehead atoms. The highest BCUT2D eigenvalue weighted by Gasteiger charge is 2.21. The Morgan fingerprint density at radius 3 is 2.23 bits per heavy atom. The van der Waals surface area contributed by atoms with Crippen molar-refractivity contribution in [3.8, 4) is 5.75 Å². The first-order chi connectivity index (χ1) is 18.6. The molecule has 206 valence electrons. The highest BCUT2D eigenvalue weighted by molar-refractivity contribution is 7.90. The number of ether oxygens (including phenoxy) is 1. The van der Waals surface area contributed by atoms with Gasteiger partial charge in [0.05, 0.1) is 29.2 Å². The van der Waals surface area contributed by atoms with E-state index in [2.05, 4.69) is 10.3 Å². The number of benzene rings is 2. The lowest BCUT2D eigenvalue weighted by Gasteiger charge is -2.12. The second kappa shape index (κ2) is 13.5. The first-order valence-electron chi connectivity index (χ1n) is 12.4. The van der Waals surface area contributed by atoms with E-state index in [0.717, 1.165) is 30.4 Å². The molecule has 0 spiro atoms. The average Bonchev–Trinajstić information content (AvgIpc) is 2.93. The molecule has 1 heterocycles. The molecule has 0 fully saturated rings. The third kappa shape index (κ3) is 8.11. The topological polar surface area (TPSA) is 155 Å². The van der Waals surface area contributed by atoms with E-state index >= 15 is 0 Å². The van der Waals surface area contributed by atoms with E-state index in [4.69, 9.17) is 4.74 Å². The first kappa shape index (κ1) is 29.3. The summed E-state index contributed by atoms with van der Waals surface area (Å²) in [4.78, 5) is 40.1. The van der Waals surface area contributed by atoms with Gasteiger partial charge in [0.1, 0.15) is 5.75 Å². The van der Waals surface area contributed by atoms with Crippen LogP contribution in [0.2, 0.25) is 0 Å². The molecule has 3 rings (SSSR count). The number of hydrogen-bond acceptors (Lipinski definition) is 8. The molecule has 0 radical (unpaired) electrons. The van der Waals surface area contributed by atoms with Gasteiger partial charge in [-0.3, -0.25) is 14.6 Å². The van der Waals surface area contributed by atoms with Crippen LogP contribution >= 0.6 is 0 Å². The predicted octanol–water partition coefficient (Wildman–Crippen LogP) is 2.28. The van der Waals surface area contributed by atoms with Crippen LogP contribution in [0.3, 0.4) is 0 Å². The number of pyridine rings is 1. The first-order valence-corrected chi connectivity index (χ1v) is 13.9. The summed E-state index contributed by atoms with van der Waals surface area (Å²) in [5, 5.41) is 14.1. The van der Waals surface area contributed by atoms with E-state index in [0.29, 0.717) is 31.4 Å². The third-order valence-electron chi connectivity index (χ3n) is 5.98. The van der Waals surface area contributed by atoms with Gasteiger partial charge in [-0.05, 0) is 72.9 Å². The summed E-state index contributed by atoms with van der Waals surface area (Å²) < 4.78 is 32.6. The number of unbranched alkanes of at least 4 members (excludes halogenated alkanes) is 2. The van der Waals surface area contributed by atoms with Gasteiger partial charge in [0.15, 0.2) is 0 Å². The van der Waals surface area contributed by atoms with E-state index < -0.39 is 21.9 Å². The molecule has 0 aliphatic rings. The lowest BCUT2D eigenvalue weighted by Crippen LogP contribution is -2.31. The second-order valence-electron chi connectivity index (χ2n) is 8.79. The molecule has 2 amide bonds. The summed E-state index contributed by atoms with van der Waals surface area (Å²) >= 11 is 0. The fraction of sp³-hybridized carbons (Fsp3) is 0.286. The summed E-state index contributed by atoms with van der Waals surface area (Å²) in [6.45, 7) is 2.38. The number of sulfonamides is 1. The molecule has 2 aromatic carbocycles. The summed E-state index contributed by atoms with van der Waals surface area (Å²) in [5.41, 5.74) is 1.21. The van der Waals surface area contributed by atoms with Crippen molar-refractivity contribution >= 4 is 27.8 Å². The highest BCUT2D eigenvalue weighted by atomic mass is 32.2. The van der Waals surface area contributed by atoms with Gasteiger partial charge < -0.3 is 20.0 Å². The normalized spacial score (nSPS) is 11.0. The number of nitrogens with one attached hydrogen (secondary N) is 2. The summed E-state index contributed by atoms with van der Waals surface area (Å²) in [7, 11) is -2.68. The Bertz CT molecular complexity index is 1420. The van der Waals surface area contributed by atoms with Gasteiger partial charge in [-0.25, -0.2) is 13.1 Å². The molecular weight excluding hydrogens is 522 g/mol. The zero-order chi connectivity index (χ0) is 28.4. The minimum atomic E-state index is -4.27. The van der Waals surface area contributed by atoms with Crippen molar-refractivity contribution in [3.05, 3.63) is 88.7 Å². The Kier molecular flexibility index (Phi) is 10.2. The number of amides is 2. The van der Waals surface area contributed by atoms with E-state index in [1.165, 1.54) is 30.3 Å². The van der Waals surface area contributed by atoms with Crippen molar-refractivity contribution in [3.63, 3.8) is 0 Å².